The first-order chi connectivity index (χ1) is 6.79. The minimum atomic E-state index is 0.574. The molecule has 0 amide bonds. The summed E-state index contributed by atoms with van der Waals surface area (Å²) in [5.74, 6) is 0. The van der Waals surface area contributed by atoms with E-state index in [1.54, 1.807) is 0 Å². The van der Waals surface area contributed by atoms with Gasteiger partial charge in [0.25, 0.3) is 0 Å². The third-order valence-corrected chi connectivity index (χ3v) is 1.64. The molecule has 0 aromatic rings. The van der Waals surface area contributed by atoms with Crippen molar-refractivity contribution in [3.05, 3.63) is 12.3 Å². The molecule has 2 aliphatic heterocycles. The van der Waals surface area contributed by atoms with Crippen molar-refractivity contribution < 1.29 is 0 Å². The first-order valence-corrected chi connectivity index (χ1v) is 5.18. The SMILES string of the molecule is CC.CC1CC=NN1.CN1CC=CN1. The summed E-state index contributed by atoms with van der Waals surface area (Å²) in [6.45, 7) is 7.13. The molecule has 2 N–H and O–H groups in total. The third kappa shape index (κ3) is 6.48. The van der Waals surface area contributed by atoms with Crippen molar-refractivity contribution in [1.82, 2.24) is 15.9 Å². The first-order valence-electron chi connectivity index (χ1n) is 5.18. The van der Waals surface area contributed by atoms with Gasteiger partial charge >= 0.3 is 0 Å². The number of hydrazine groups is 1. The Hall–Kier alpha value is -1.03. The molecule has 0 bridgehead atoms. The Bertz CT molecular complexity index is 141. The highest BCUT2D eigenvalue weighted by atomic mass is 15.5. The molecule has 0 aromatic carbocycles. The lowest BCUT2D eigenvalue weighted by Crippen LogP contribution is -2.24. The van der Waals surface area contributed by atoms with E-state index in [1.807, 2.05) is 38.3 Å². The normalized spacial score (nSPS) is 22.7. The molecule has 1 unspecified atom stereocenters. The van der Waals surface area contributed by atoms with Crippen molar-refractivity contribution in [3.8, 4) is 0 Å². The molecular formula is C10H22N4. The Labute approximate surface area is 87.0 Å². The highest BCUT2D eigenvalue weighted by Crippen LogP contribution is 1.91. The minimum Gasteiger partial charge on any atom is -0.326 e. The molecule has 2 heterocycles. The van der Waals surface area contributed by atoms with Gasteiger partial charge in [0.15, 0.2) is 0 Å². The average Bonchev–Trinajstić information content (AvgIpc) is 2.83. The molecule has 0 saturated heterocycles. The van der Waals surface area contributed by atoms with Gasteiger partial charge < -0.3 is 10.9 Å². The Morgan fingerprint density at radius 3 is 2.29 bits per heavy atom. The Kier molecular flexibility index (Phi) is 7.93. The van der Waals surface area contributed by atoms with E-state index in [-0.39, 0.29) is 0 Å². The van der Waals surface area contributed by atoms with E-state index in [0.29, 0.717) is 6.04 Å². The summed E-state index contributed by atoms with van der Waals surface area (Å²) in [4.78, 5) is 0. The van der Waals surface area contributed by atoms with E-state index in [0.717, 1.165) is 13.0 Å². The molecule has 0 spiro atoms. The predicted octanol–water partition coefficient (Wildman–Crippen LogP) is 1.33. The lowest BCUT2D eigenvalue weighted by Gasteiger charge is -2.04. The molecular weight excluding hydrogens is 176 g/mol. The molecule has 14 heavy (non-hydrogen) atoms. The minimum absolute atomic E-state index is 0.574. The summed E-state index contributed by atoms with van der Waals surface area (Å²) < 4.78 is 0. The van der Waals surface area contributed by atoms with Gasteiger partial charge in [0.1, 0.15) is 0 Å². The number of hydrazone groups is 1. The summed E-state index contributed by atoms with van der Waals surface area (Å²) in [5, 5.41) is 5.79. The second kappa shape index (κ2) is 8.56. The Morgan fingerprint density at radius 2 is 2.14 bits per heavy atom. The summed E-state index contributed by atoms with van der Waals surface area (Å²) >= 11 is 0. The van der Waals surface area contributed by atoms with E-state index in [4.69, 9.17) is 0 Å². The van der Waals surface area contributed by atoms with Crippen molar-refractivity contribution in [2.45, 2.75) is 33.2 Å². The number of likely N-dealkylation sites (N-methyl/N-ethyl adjacent to an activating group) is 1. The number of nitrogens with zero attached hydrogens (tertiary/aromatic N) is 2. The van der Waals surface area contributed by atoms with Crippen molar-refractivity contribution in [2.24, 2.45) is 5.10 Å². The molecule has 4 heteroatoms. The third-order valence-electron chi connectivity index (χ3n) is 1.64. The molecule has 0 radical (unpaired) electrons. The molecule has 0 aliphatic carbocycles. The van der Waals surface area contributed by atoms with Gasteiger partial charge in [-0.1, -0.05) is 19.9 Å². The van der Waals surface area contributed by atoms with Gasteiger partial charge in [-0.2, -0.15) is 5.10 Å². The topological polar surface area (TPSA) is 39.7 Å². The number of hydrogen-bond donors (Lipinski definition) is 2. The molecule has 0 saturated carbocycles. The van der Waals surface area contributed by atoms with Crippen molar-refractivity contribution >= 4 is 6.21 Å². The molecule has 82 valence electrons. The maximum atomic E-state index is 3.79. The maximum Gasteiger partial charge on any atom is 0.0461 e. The van der Waals surface area contributed by atoms with Gasteiger partial charge in [0, 0.05) is 38.5 Å². The fraction of sp³-hybridized carbons (Fsp3) is 0.700. The van der Waals surface area contributed by atoms with Crippen LogP contribution >= 0.6 is 0 Å². The van der Waals surface area contributed by atoms with E-state index >= 15 is 0 Å². The van der Waals surface area contributed by atoms with Gasteiger partial charge in [0.2, 0.25) is 0 Å². The van der Waals surface area contributed by atoms with Crippen LogP contribution in [0.25, 0.3) is 0 Å². The second-order valence-electron chi connectivity index (χ2n) is 2.99. The van der Waals surface area contributed by atoms with Crippen molar-refractivity contribution in [3.63, 3.8) is 0 Å². The zero-order chi connectivity index (χ0) is 10.8. The maximum absolute atomic E-state index is 3.79. The van der Waals surface area contributed by atoms with Crippen LogP contribution in [0.3, 0.4) is 0 Å². The summed E-state index contributed by atoms with van der Waals surface area (Å²) in [7, 11) is 2.00. The number of nitrogens with one attached hydrogen (secondary N) is 2. The zero-order valence-electron chi connectivity index (χ0n) is 9.62. The van der Waals surface area contributed by atoms with Gasteiger partial charge in [0.05, 0.1) is 0 Å². The van der Waals surface area contributed by atoms with E-state index in [9.17, 15) is 0 Å². The van der Waals surface area contributed by atoms with Crippen LogP contribution < -0.4 is 10.9 Å². The van der Waals surface area contributed by atoms with Crippen LogP contribution in [0.4, 0.5) is 0 Å². The monoisotopic (exact) mass is 198 g/mol. The van der Waals surface area contributed by atoms with Gasteiger partial charge in [-0.25, -0.2) is 5.01 Å². The first kappa shape index (κ1) is 13.0. The standard InChI is InChI=1S/2C4H8N2.C2H6/c1-6-4-2-3-5-6;1-4-2-3-5-6-4;1-2/h2-3,5H,4H2,1H3;3-4,6H,2H2,1H3;1-2H3. The molecule has 4 nitrogen and oxygen atoms in total. The van der Waals surface area contributed by atoms with Crippen LogP contribution in [-0.4, -0.2) is 30.9 Å². The van der Waals surface area contributed by atoms with E-state index in [2.05, 4.69) is 29.0 Å². The Balaban J connectivity index is 0.000000206. The smallest absolute Gasteiger partial charge is 0.0461 e. The van der Waals surface area contributed by atoms with Gasteiger partial charge in [-0.3, -0.25) is 0 Å². The highest BCUT2D eigenvalue weighted by Gasteiger charge is 1.99. The molecule has 1 atom stereocenters. The van der Waals surface area contributed by atoms with Crippen LogP contribution in [0.15, 0.2) is 17.4 Å². The fourth-order valence-electron chi connectivity index (χ4n) is 0.887. The molecule has 0 aromatic heterocycles. The molecule has 2 aliphatic rings. The van der Waals surface area contributed by atoms with Crippen LogP contribution in [0.1, 0.15) is 27.2 Å². The van der Waals surface area contributed by atoms with Crippen LogP contribution in [0.5, 0.6) is 0 Å². The summed E-state index contributed by atoms with van der Waals surface area (Å²) in [6, 6.07) is 0.574. The van der Waals surface area contributed by atoms with Gasteiger partial charge in [-0.15, -0.1) is 0 Å². The number of rotatable bonds is 0. The predicted molar refractivity (Wildman–Crippen MR) is 62.0 cm³/mol. The van der Waals surface area contributed by atoms with E-state index in [1.165, 1.54) is 0 Å². The highest BCUT2D eigenvalue weighted by molar-refractivity contribution is 5.59. The summed E-state index contributed by atoms with van der Waals surface area (Å²) in [6.07, 6.45) is 6.98. The van der Waals surface area contributed by atoms with Crippen LogP contribution in [-0.2, 0) is 0 Å². The van der Waals surface area contributed by atoms with Crippen LogP contribution in [0, 0.1) is 0 Å². The molecule has 2 rings (SSSR count). The lowest BCUT2D eigenvalue weighted by molar-refractivity contribution is 0.332. The largest absolute Gasteiger partial charge is 0.326 e. The number of hydrogen-bond acceptors (Lipinski definition) is 4. The Morgan fingerprint density at radius 1 is 1.43 bits per heavy atom. The fourth-order valence-corrected chi connectivity index (χ4v) is 0.887. The van der Waals surface area contributed by atoms with E-state index < -0.39 is 0 Å². The lowest BCUT2D eigenvalue weighted by atomic mass is 10.3. The summed E-state index contributed by atoms with van der Waals surface area (Å²) in [5.41, 5.74) is 5.86. The van der Waals surface area contributed by atoms with Crippen molar-refractivity contribution in [1.29, 1.82) is 0 Å². The van der Waals surface area contributed by atoms with Crippen molar-refractivity contribution in [2.75, 3.05) is 13.6 Å². The zero-order valence-corrected chi connectivity index (χ0v) is 9.62. The quantitative estimate of drug-likeness (QED) is 0.617. The average molecular weight is 198 g/mol. The molecule has 0 fully saturated rings. The van der Waals surface area contributed by atoms with Gasteiger partial charge in [-0.05, 0) is 6.92 Å². The van der Waals surface area contributed by atoms with Crippen LogP contribution in [0.2, 0.25) is 0 Å². The second-order valence-corrected chi connectivity index (χ2v) is 2.99.